The number of ether oxygens (including phenoxy) is 3. The van der Waals surface area contributed by atoms with Gasteiger partial charge in [-0.3, -0.25) is 0 Å². The molecule has 0 bridgehead atoms. The summed E-state index contributed by atoms with van der Waals surface area (Å²) in [5, 5.41) is 0. The molecule has 1 heterocycles. The van der Waals surface area contributed by atoms with Gasteiger partial charge in [-0.2, -0.15) is 0 Å². The van der Waals surface area contributed by atoms with E-state index in [9.17, 15) is 4.79 Å². The molecule has 0 N–H and O–H groups in total. The van der Waals surface area contributed by atoms with Gasteiger partial charge in [0.25, 0.3) is 0 Å². The first-order chi connectivity index (χ1) is 11.6. The number of esters is 1. The van der Waals surface area contributed by atoms with Crippen molar-refractivity contribution in [2.45, 2.75) is 0 Å². The molecule has 4 nitrogen and oxygen atoms in total. The number of methoxy groups -OCH3 is 2. The first kappa shape index (κ1) is 16.3. The molecule has 1 aliphatic heterocycles. The van der Waals surface area contributed by atoms with Gasteiger partial charge in [-0.25, -0.2) is 4.79 Å². The summed E-state index contributed by atoms with van der Waals surface area (Å²) in [6.07, 6.45) is 3.47. The van der Waals surface area contributed by atoms with Crippen molar-refractivity contribution in [3.8, 4) is 11.5 Å². The highest BCUT2D eigenvalue weighted by molar-refractivity contribution is 9.10. The quantitative estimate of drug-likeness (QED) is 0.575. The molecule has 0 aromatic heterocycles. The highest BCUT2D eigenvalue weighted by atomic mass is 79.9. The SMILES string of the molecule is COc1ccc(C=C2C=C(c3ccc(Br)cc3)OC2=O)c(OC)c1. The van der Waals surface area contributed by atoms with Crippen molar-refractivity contribution in [1.29, 1.82) is 0 Å². The van der Waals surface area contributed by atoms with Crippen LogP contribution in [0, 0.1) is 0 Å². The number of hydrogen-bond acceptors (Lipinski definition) is 4. The molecule has 1 aliphatic rings. The van der Waals surface area contributed by atoms with Crippen molar-refractivity contribution < 1.29 is 19.0 Å². The van der Waals surface area contributed by atoms with Gasteiger partial charge in [0, 0.05) is 21.7 Å². The second kappa shape index (κ2) is 6.93. The van der Waals surface area contributed by atoms with E-state index in [4.69, 9.17) is 14.2 Å². The molecule has 0 radical (unpaired) electrons. The molecule has 3 rings (SSSR count). The Kier molecular flexibility index (Phi) is 4.71. The van der Waals surface area contributed by atoms with Gasteiger partial charge in [-0.15, -0.1) is 0 Å². The van der Waals surface area contributed by atoms with E-state index in [-0.39, 0.29) is 5.97 Å². The third-order valence-corrected chi connectivity index (χ3v) is 4.13. The van der Waals surface area contributed by atoms with Crippen LogP contribution < -0.4 is 9.47 Å². The van der Waals surface area contributed by atoms with Crippen molar-refractivity contribution >= 4 is 33.7 Å². The Balaban J connectivity index is 1.95. The van der Waals surface area contributed by atoms with E-state index in [1.165, 1.54) is 0 Å². The number of rotatable bonds is 4. The summed E-state index contributed by atoms with van der Waals surface area (Å²) in [6, 6.07) is 13.0. The molecule has 122 valence electrons. The van der Waals surface area contributed by atoms with Gasteiger partial charge in [0.15, 0.2) is 0 Å². The summed E-state index contributed by atoms with van der Waals surface area (Å²) in [5.74, 6) is 1.46. The predicted octanol–water partition coefficient (Wildman–Crippen LogP) is 4.45. The van der Waals surface area contributed by atoms with Crippen molar-refractivity contribution in [2.75, 3.05) is 14.2 Å². The number of halogens is 1. The van der Waals surface area contributed by atoms with Crippen molar-refractivity contribution in [2.24, 2.45) is 0 Å². The monoisotopic (exact) mass is 386 g/mol. The molecular weight excluding hydrogens is 372 g/mol. The summed E-state index contributed by atoms with van der Waals surface area (Å²) in [6.45, 7) is 0. The van der Waals surface area contributed by atoms with E-state index in [1.807, 2.05) is 36.4 Å². The van der Waals surface area contributed by atoms with E-state index in [0.717, 1.165) is 15.6 Å². The van der Waals surface area contributed by atoms with Crippen molar-refractivity contribution in [3.05, 3.63) is 69.7 Å². The Hall–Kier alpha value is -2.53. The van der Waals surface area contributed by atoms with Crippen LogP contribution in [-0.4, -0.2) is 20.2 Å². The van der Waals surface area contributed by atoms with Crippen LogP contribution in [-0.2, 0) is 9.53 Å². The molecular formula is C19H15BrO4. The summed E-state index contributed by atoms with van der Waals surface area (Å²) in [4.78, 5) is 12.1. The number of benzene rings is 2. The molecule has 0 atom stereocenters. The lowest BCUT2D eigenvalue weighted by molar-refractivity contribution is -0.130. The summed E-state index contributed by atoms with van der Waals surface area (Å²) >= 11 is 3.39. The second-order valence-corrected chi connectivity index (χ2v) is 6.03. The first-order valence-electron chi connectivity index (χ1n) is 7.24. The molecule has 24 heavy (non-hydrogen) atoms. The smallest absolute Gasteiger partial charge is 0.343 e. The minimum absolute atomic E-state index is 0.384. The topological polar surface area (TPSA) is 44.8 Å². The lowest BCUT2D eigenvalue weighted by Crippen LogP contribution is -1.97. The van der Waals surface area contributed by atoms with Crippen LogP contribution in [0.3, 0.4) is 0 Å². The largest absolute Gasteiger partial charge is 0.497 e. The molecule has 0 saturated carbocycles. The Morgan fingerprint density at radius 3 is 2.46 bits per heavy atom. The van der Waals surface area contributed by atoms with Gasteiger partial charge in [-0.1, -0.05) is 28.1 Å². The van der Waals surface area contributed by atoms with Crippen LogP contribution in [0.5, 0.6) is 11.5 Å². The molecule has 0 fully saturated rings. The number of carbonyl (C=O) groups is 1. The van der Waals surface area contributed by atoms with Crippen LogP contribution in [0.4, 0.5) is 0 Å². The fraction of sp³-hybridized carbons (Fsp3) is 0.105. The maximum atomic E-state index is 12.1. The zero-order valence-corrected chi connectivity index (χ0v) is 14.8. The van der Waals surface area contributed by atoms with E-state index in [1.54, 1.807) is 32.4 Å². The van der Waals surface area contributed by atoms with Gasteiger partial charge >= 0.3 is 5.97 Å². The highest BCUT2D eigenvalue weighted by Gasteiger charge is 2.22. The Morgan fingerprint density at radius 1 is 1.04 bits per heavy atom. The average molecular weight is 387 g/mol. The van der Waals surface area contributed by atoms with E-state index < -0.39 is 0 Å². The molecule has 2 aromatic rings. The zero-order valence-electron chi connectivity index (χ0n) is 13.2. The normalized spacial score (nSPS) is 15.2. The van der Waals surface area contributed by atoms with E-state index >= 15 is 0 Å². The summed E-state index contributed by atoms with van der Waals surface area (Å²) < 4.78 is 16.9. The Labute approximate surface area is 148 Å². The Bertz CT molecular complexity index is 835. The van der Waals surface area contributed by atoms with Crippen LogP contribution in [0.25, 0.3) is 11.8 Å². The van der Waals surface area contributed by atoms with Crippen molar-refractivity contribution in [3.63, 3.8) is 0 Å². The zero-order chi connectivity index (χ0) is 17.1. The van der Waals surface area contributed by atoms with Gasteiger partial charge in [0.05, 0.1) is 19.8 Å². The summed E-state index contributed by atoms with van der Waals surface area (Å²) in [7, 11) is 3.17. The van der Waals surface area contributed by atoms with Gasteiger partial charge < -0.3 is 14.2 Å². The average Bonchev–Trinajstić information content (AvgIpc) is 2.96. The van der Waals surface area contributed by atoms with E-state index in [0.29, 0.717) is 22.8 Å². The summed E-state index contributed by atoms with van der Waals surface area (Å²) in [5.41, 5.74) is 2.09. The molecule has 0 aliphatic carbocycles. The van der Waals surface area contributed by atoms with E-state index in [2.05, 4.69) is 15.9 Å². The van der Waals surface area contributed by atoms with Crippen LogP contribution >= 0.6 is 15.9 Å². The molecule has 0 amide bonds. The van der Waals surface area contributed by atoms with Crippen molar-refractivity contribution in [1.82, 2.24) is 0 Å². The number of hydrogen-bond donors (Lipinski definition) is 0. The fourth-order valence-corrected chi connectivity index (χ4v) is 2.61. The predicted molar refractivity (Wildman–Crippen MR) is 95.7 cm³/mol. The molecule has 5 heteroatoms. The molecule has 0 unspecified atom stereocenters. The Morgan fingerprint density at radius 2 is 1.79 bits per heavy atom. The van der Waals surface area contributed by atoms with Gasteiger partial charge in [0.1, 0.15) is 17.3 Å². The molecule has 0 saturated heterocycles. The number of carbonyl (C=O) groups excluding carboxylic acids is 1. The maximum Gasteiger partial charge on any atom is 0.343 e. The number of cyclic esters (lactones) is 1. The molecule has 2 aromatic carbocycles. The lowest BCUT2D eigenvalue weighted by Gasteiger charge is -2.07. The van der Waals surface area contributed by atoms with Crippen LogP contribution in [0.1, 0.15) is 11.1 Å². The first-order valence-corrected chi connectivity index (χ1v) is 8.03. The molecule has 0 spiro atoms. The third-order valence-electron chi connectivity index (χ3n) is 3.61. The fourth-order valence-electron chi connectivity index (χ4n) is 2.35. The van der Waals surface area contributed by atoms with Gasteiger partial charge in [0.2, 0.25) is 0 Å². The maximum absolute atomic E-state index is 12.1. The third kappa shape index (κ3) is 3.36. The minimum Gasteiger partial charge on any atom is -0.497 e. The van der Waals surface area contributed by atoms with Crippen LogP contribution in [0.2, 0.25) is 0 Å². The minimum atomic E-state index is -0.384. The highest BCUT2D eigenvalue weighted by Crippen LogP contribution is 2.31. The van der Waals surface area contributed by atoms with Crippen LogP contribution in [0.15, 0.2) is 58.6 Å². The lowest BCUT2D eigenvalue weighted by atomic mass is 10.1. The van der Waals surface area contributed by atoms with Gasteiger partial charge in [-0.05, 0) is 36.4 Å². The standard InChI is InChI=1S/C19H15BrO4/c1-22-16-8-5-13(17(11-16)23-2)9-14-10-18(24-19(14)21)12-3-6-15(20)7-4-12/h3-11H,1-2H3. The second-order valence-electron chi connectivity index (χ2n) is 5.11.